The van der Waals surface area contributed by atoms with Gasteiger partial charge in [-0.15, -0.1) is 5.54 Å². The first-order chi connectivity index (χ1) is 11.3. The van der Waals surface area contributed by atoms with Crippen LogP contribution in [-0.2, 0) is 16.0 Å². The van der Waals surface area contributed by atoms with Crippen LogP contribution in [0, 0.1) is 11.5 Å². The molecule has 1 aromatic rings. The molecule has 5 nitrogen and oxygen atoms in total. The van der Waals surface area contributed by atoms with Gasteiger partial charge in [0.15, 0.2) is 0 Å². The van der Waals surface area contributed by atoms with Crippen molar-refractivity contribution in [1.82, 2.24) is 0 Å². The van der Waals surface area contributed by atoms with Gasteiger partial charge >= 0.3 is 12.1 Å². The summed E-state index contributed by atoms with van der Waals surface area (Å²) in [6, 6.07) is 5.22. The van der Waals surface area contributed by atoms with E-state index in [-0.39, 0.29) is 6.42 Å². The predicted molar refractivity (Wildman–Crippen MR) is 103 cm³/mol. The average molecular weight is 362 g/mol. The Morgan fingerprint density at radius 3 is 2.28 bits per heavy atom. The normalized spacial score (nSPS) is 11.3. The van der Waals surface area contributed by atoms with Gasteiger partial charge in [-0.2, -0.15) is 0 Å². The molecule has 0 spiro atoms. The van der Waals surface area contributed by atoms with Gasteiger partial charge in [-0.3, -0.25) is 9.69 Å². The molecule has 0 unspecified atom stereocenters. The van der Waals surface area contributed by atoms with Crippen LogP contribution in [0.15, 0.2) is 18.2 Å². The third-order valence-corrected chi connectivity index (χ3v) is 3.84. The number of ether oxygens (including phenoxy) is 1. The lowest BCUT2D eigenvalue weighted by atomic mass is 10.1. The molecule has 0 fully saturated rings. The minimum absolute atomic E-state index is 0.127. The molecule has 25 heavy (non-hydrogen) atoms. The number of hydrogen-bond acceptors (Lipinski definition) is 3. The van der Waals surface area contributed by atoms with E-state index >= 15 is 0 Å². The zero-order valence-corrected chi connectivity index (χ0v) is 17.1. The number of nitrogens with zero attached hydrogens (tertiary/aromatic N) is 1. The number of carboxylic acids is 1. The summed E-state index contributed by atoms with van der Waals surface area (Å²) in [5.41, 5.74) is 4.51. The summed E-state index contributed by atoms with van der Waals surface area (Å²) in [6.45, 7) is 11.8. The molecule has 0 heterocycles. The highest BCUT2D eigenvalue weighted by molar-refractivity contribution is 6.83. The number of anilines is 1. The van der Waals surface area contributed by atoms with Crippen molar-refractivity contribution in [2.75, 3.05) is 11.9 Å². The van der Waals surface area contributed by atoms with Crippen LogP contribution >= 0.6 is 0 Å². The second-order valence-corrected chi connectivity index (χ2v) is 12.7. The molecular formula is C19H27NO4Si. The van der Waals surface area contributed by atoms with Crippen molar-refractivity contribution in [2.45, 2.75) is 52.4 Å². The van der Waals surface area contributed by atoms with E-state index in [0.29, 0.717) is 16.8 Å². The van der Waals surface area contributed by atoms with Crippen molar-refractivity contribution in [3.8, 4) is 11.5 Å². The zero-order chi connectivity index (χ0) is 19.4. The molecule has 1 N–H and O–H groups in total. The molecule has 136 valence electrons. The molecule has 0 radical (unpaired) electrons. The van der Waals surface area contributed by atoms with Crippen LogP contribution in [-0.4, -0.2) is 37.9 Å². The van der Waals surface area contributed by atoms with Crippen molar-refractivity contribution in [1.29, 1.82) is 0 Å². The summed E-state index contributed by atoms with van der Waals surface area (Å²) in [7, 11) is 0.0307. The van der Waals surface area contributed by atoms with Gasteiger partial charge in [0.25, 0.3) is 0 Å². The van der Waals surface area contributed by atoms with Crippen molar-refractivity contribution in [2.24, 2.45) is 0 Å². The molecule has 0 bridgehead atoms. The molecule has 0 atom stereocenters. The van der Waals surface area contributed by atoms with Gasteiger partial charge in [-0.1, -0.05) is 25.6 Å². The van der Waals surface area contributed by atoms with Gasteiger partial charge < -0.3 is 9.84 Å². The lowest BCUT2D eigenvalue weighted by Crippen LogP contribution is -2.34. The average Bonchev–Trinajstić information content (AvgIpc) is 2.40. The van der Waals surface area contributed by atoms with E-state index in [0.717, 1.165) is 0 Å². The molecule has 0 aliphatic carbocycles. The summed E-state index contributed by atoms with van der Waals surface area (Å²) in [4.78, 5) is 24.7. The molecule has 1 amide bonds. The van der Waals surface area contributed by atoms with Crippen LogP contribution in [0.5, 0.6) is 0 Å². The predicted octanol–water partition coefficient (Wildman–Crippen LogP) is 3.91. The maximum absolute atomic E-state index is 12.3. The summed E-state index contributed by atoms with van der Waals surface area (Å²) >= 11 is 0. The van der Waals surface area contributed by atoms with Gasteiger partial charge in [-0.05, 0) is 44.5 Å². The fourth-order valence-electron chi connectivity index (χ4n) is 1.91. The Hall–Kier alpha value is -2.26. The lowest BCUT2D eigenvalue weighted by molar-refractivity contribution is -0.136. The number of rotatable bonds is 3. The highest BCUT2D eigenvalue weighted by atomic mass is 28.3. The first kappa shape index (κ1) is 20.8. The molecular weight excluding hydrogens is 334 g/mol. The summed E-state index contributed by atoms with van der Waals surface area (Å²) in [6.07, 6.45) is -0.624. The van der Waals surface area contributed by atoms with Crippen LogP contribution in [0.2, 0.25) is 19.6 Å². The van der Waals surface area contributed by atoms with Crippen molar-refractivity contribution in [3.63, 3.8) is 0 Å². The number of carbonyl (C=O) groups is 2. The Morgan fingerprint density at radius 1 is 1.20 bits per heavy atom. The summed E-state index contributed by atoms with van der Waals surface area (Å²) in [5.74, 6) is 2.19. The Morgan fingerprint density at radius 2 is 1.80 bits per heavy atom. The fraction of sp³-hybridized carbons (Fsp3) is 0.474. The molecule has 0 aromatic heterocycles. The van der Waals surface area contributed by atoms with E-state index in [2.05, 4.69) is 31.1 Å². The number of benzene rings is 1. The van der Waals surface area contributed by atoms with Crippen LogP contribution < -0.4 is 4.90 Å². The fourth-order valence-corrected chi connectivity index (χ4v) is 2.43. The highest BCUT2D eigenvalue weighted by Crippen LogP contribution is 2.21. The summed E-state index contributed by atoms with van der Waals surface area (Å²) < 4.78 is 5.37. The Bertz CT molecular complexity index is 718. The third-order valence-electron chi connectivity index (χ3n) is 2.97. The Labute approximate surface area is 151 Å². The second kappa shape index (κ2) is 7.75. The van der Waals surface area contributed by atoms with Gasteiger partial charge in [0.05, 0.1) is 6.42 Å². The van der Waals surface area contributed by atoms with E-state index in [1.165, 1.54) is 4.90 Å². The van der Waals surface area contributed by atoms with E-state index in [1.54, 1.807) is 46.0 Å². The maximum Gasteiger partial charge on any atom is 0.414 e. The number of carbonyl (C=O) groups excluding carboxylic acids is 1. The number of amides is 1. The SMILES string of the molecule is CN(C(=O)OC(C)(C)C)c1cc(C#C[Si](C)(C)C)cc(CC(=O)O)c1. The van der Waals surface area contributed by atoms with Crippen LogP contribution in [0.1, 0.15) is 31.9 Å². The number of carboxylic acid groups (broad SMARTS) is 1. The Kier molecular flexibility index (Phi) is 6.44. The molecule has 0 saturated carbocycles. The van der Waals surface area contributed by atoms with Crippen LogP contribution in [0.25, 0.3) is 0 Å². The molecule has 6 heteroatoms. The first-order valence-corrected chi connectivity index (χ1v) is 11.6. The number of hydrogen-bond donors (Lipinski definition) is 1. The maximum atomic E-state index is 12.3. The lowest BCUT2D eigenvalue weighted by Gasteiger charge is -2.25. The highest BCUT2D eigenvalue weighted by Gasteiger charge is 2.21. The van der Waals surface area contributed by atoms with Gasteiger partial charge in [0.1, 0.15) is 13.7 Å². The minimum Gasteiger partial charge on any atom is -0.481 e. The third kappa shape index (κ3) is 7.90. The van der Waals surface area contributed by atoms with E-state index in [1.807, 2.05) is 0 Å². The van der Waals surface area contributed by atoms with E-state index < -0.39 is 25.7 Å². The monoisotopic (exact) mass is 361 g/mol. The minimum atomic E-state index is -1.57. The van der Waals surface area contributed by atoms with Gasteiger partial charge in [0.2, 0.25) is 0 Å². The number of aliphatic carboxylic acids is 1. The smallest absolute Gasteiger partial charge is 0.414 e. The van der Waals surface area contributed by atoms with Crippen molar-refractivity contribution >= 4 is 25.8 Å². The Balaban J connectivity index is 3.26. The topological polar surface area (TPSA) is 66.8 Å². The van der Waals surface area contributed by atoms with Crippen LogP contribution in [0.4, 0.5) is 10.5 Å². The quantitative estimate of drug-likeness (QED) is 0.655. The first-order valence-electron chi connectivity index (χ1n) is 8.12. The van der Waals surface area contributed by atoms with Crippen LogP contribution in [0.3, 0.4) is 0 Å². The molecule has 0 saturated heterocycles. The molecule has 0 aliphatic heterocycles. The molecule has 1 rings (SSSR count). The standard InChI is InChI=1S/C19H27NO4Si/c1-19(2,3)24-18(23)20(4)16-11-14(8-9-25(5,6)7)10-15(12-16)13-17(21)22/h10-12H,13H2,1-7H3,(H,21,22). The second-order valence-electron chi connectivity index (χ2n) is 8.00. The van der Waals surface area contributed by atoms with Gasteiger partial charge in [0, 0.05) is 18.3 Å². The summed E-state index contributed by atoms with van der Waals surface area (Å²) in [5, 5.41) is 9.07. The van der Waals surface area contributed by atoms with E-state index in [4.69, 9.17) is 9.84 Å². The van der Waals surface area contributed by atoms with Crippen molar-refractivity contribution < 1.29 is 19.4 Å². The molecule has 0 aliphatic rings. The van der Waals surface area contributed by atoms with E-state index in [9.17, 15) is 9.59 Å². The largest absolute Gasteiger partial charge is 0.481 e. The van der Waals surface area contributed by atoms with Gasteiger partial charge in [-0.25, -0.2) is 4.79 Å². The van der Waals surface area contributed by atoms with Crippen molar-refractivity contribution in [3.05, 3.63) is 29.3 Å². The molecule has 1 aromatic carbocycles. The zero-order valence-electron chi connectivity index (χ0n) is 16.1.